The maximum atomic E-state index is 2.39. The lowest BCUT2D eigenvalue weighted by Crippen LogP contribution is -1.91. The Balaban J connectivity index is 1.83. The van der Waals surface area contributed by atoms with E-state index in [-0.39, 0.29) is 7.92 Å². The molecule has 0 aromatic heterocycles. The summed E-state index contributed by atoms with van der Waals surface area (Å²) in [6.07, 6.45) is 0. The summed E-state index contributed by atoms with van der Waals surface area (Å²) in [4.78, 5) is 0. The first-order chi connectivity index (χ1) is 7.45. The number of hydrogen-bond acceptors (Lipinski definition) is 0. The first-order valence-electron chi connectivity index (χ1n) is 5.07. The van der Waals surface area contributed by atoms with Crippen molar-refractivity contribution in [3.63, 3.8) is 0 Å². The Morgan fingerprint density at radius 2 is 1.27 bits per heavy atom. The van der Waals surface area contributed by atoms with Crippen LogP contribution in [0.15, 0.2) is 66.5 Å². The van der Waals surface area contributed by atoms with Crippen molar-refractivity contribution < 1.29 is 0 Å². The van der Waals surface area contributed by atoms with Gasteiger partial charge in [-0.2, -0.15) is 0 Å². The summed E-state index contributed by atoms with van der Waals surface area (Å²) in [7, 11) is -0.0936. The Bertz CT molecular complexity index is 485. The third-order valence-electron chi connectivity index (χ3n) is 2.55. The van der Waals surface area contributed by atoms with Crippen LogP contribution >= 0.6 is 7.92 Å². The quantitative estimate of drug-likeness (QED) is 0.661. The minimum atomic E-state index is -0.0936. The zero-order valence-corrected chi connectivity index (χ0v) is 9.19. The molecule has 3 rings (SSSR count). The van der Waals surface area contributed by atoms with E-state index in [1.54, 1.807) is 0 Å². The molecule has 72 valence electrons. The predicted molar refractivity (Wildman–Crippen MR) is 67.4 cm³/mol. The molecule has 0 bridgehead atoms. The van der Waals surface area contributed by atoms with Gasteiger partial charge in [0, 0.05) is 0 Å². The van der Waals surface area contributed by atoms with Crippen molar-refractivity contribution in [2.24, 2.45) is 0 Å². The van der Waals surface area contributed by atoms with Crippen molar-refractivity contribution >= 4 is 18.5 Å². The van der Waals surface area contributed by atoms with Crippen LogP contribution in [0.25, 0.3) is 5.31 Å². The Morgan fingerprint density at radius 1 is 0.667 bits per heavy atom. The first-order valence-corrected chi connectivity index (χ1v) is 6.48. The fraction of sp³-hybridized carbons (Fsp3) is 0. The van der Waals surface area contributed by atoms with E-state index in [1.807, 2.05) is 0 Å². The van der Waals surface area contributed by atoms with Crippen LogP contribution in [0.4, 0.5) is 0 Å². The molecule has 0 fully saturated rings. The van der Waals surface area contributed by atoms with Crippen molar-refractivity contribution in [2.45, 2.75) is 0 Å². The third kappa shape index (κ3) is 1.73. The summed E-state index contributed by atoms with van der Waals surface area (Å²) in [5.41, 5.74) is 1.38. The zero-order chi connectivity index (χ0) is 10.1. The smallest absolute Gasteiger partial charge is 0.00728 e. The molecule has 0 aliphatic carbocycles. The van der Waals surface area contributed by atoms with Gasteiger partial charge in [-0.25, -0.2) is 0 Å². The lowest BCUT2D eigenvalue weighted by Gasteiger charge is -2.00. The molecule has 1 heterocycles. The highest BCUT2D eigenvalue weighted by Gasteiger charge is 2.26. The van der Waals surface area contributed by atoms with Crippen molar-refractivity contribution in [2.75, 3.05) is 0 Å². The molecule has 0 saturated carbocycles. The second-order valence-electron chi connectivity index (χ2n) is 3.59. The van der Waals surface area contributed by atoms with Crippen LogP contribution in [0.2, 0.25) is 0 Å². The van der Waals surface area contributed by atoms with Gasteiger partial charge in [0.1, 0.15) is 0 Å². The van der Waals surface area contributed by atoms with Gasteiger partial charge in [-0.05, 0) is 29.9 Å². The number of rotatable bonds is 2. The van der Waals surface area contributed by atoms with E-state index < -0.39 is 0 Å². The summed E-state index contributed by atoms with van der Waals surface area (Å²) in [6, 6.07) is 21.4. The van der Waals surface area contributed by atoms with E-state index >= 15 is 0 Å². The van der Waals surface area contributed by atoms with Crippen LogP contribution in [0.5, 0.6) is 0 Å². The summed E-state index contributed by atoms with van der Waals surface area (Å²) in [6.45, 7) is 0. The van der Waals surface area contributed by atoms with Crippen LogP contribution in [0.1, 0.15) is 5.56 Å². The Hall–Kier alpha value is -1.39. The van der Waals surface area contributed by atoms with Crippen LogP contribution in [-0.4, -0.2) is 0 Å². The van der Waals surface area contributed by atoms with Gasteiger partial charge < -0.3 is 0 Å². The monoisotopic (exact) mass is 210 g/mol. The lowest BCUT2D eigenvalue weighted by atomic mass is 10.2. The van der Waals surface area contributed by atoms with Gasteiger partial charge in [0.25, 0.3) is 0 Å². The van der Waals surface area contributed by atoms with Crippen LogP contribution in [0, 0.1) is 0 Å². The van der Waals surface area contributed by atoms with Crippen LogP contribution < -0.4 is 5.30 Å². The number of hydrogen-bond donors (Lipinski definition) is 0. The molecule has 1 aliphatic rings. The van der Waals surface area contributed by atoms with E-state index in [9.17, 15) is 0 Å². The van der Waals surface area contributed by atoms with Gasteiger partial charge in [-0.1, -0.05) is 60.7 Å². The molecule has 2 aromatic carbocycles. The molecule has 0 radical (unpaired) electrons. The largest absolute Gasteiger partial charge is 0.0622 e. The van der Waals surface area contributed by atoms with E-state index in [0.29, 0.717) is 0 Å². The minimum Gasteiger partial charge on any atom is -0.0622 e. The van der Waals surface area contributed by atoms with Gasteiger partial charge in [0.2, 0.25) is 0 Å². The third-order valence-corrected chi connectivity index (χ3v) is 4.55. The minimum absolute atomic E-state index is 0.0936. The molecule has 0 saturated heterocycles. The van der Waals surface area contributed by atoms with E-state index in [2.05, 4.69) is 66.5 Å². The predicted octanol–water partition coefficient (Wildman–Crippen LogP) is 3.81. The molecular formula is C14H11P. The maximum Gasteiger partial charge on any atom is -0.00728 e. The van der Waals surface area contributed by atoms with Gasteiger partial charge in [-0.15, -0.1) is 0 Å². The molecule has 15 heavy (non-hydrogen) atoms. The van der Waals surface area contributed by atoms with Crippen molar-refractivity contribution in [1.82, 2.24) is 0 Å². The highest BCUT2D eigenvalue weighted by molar-refractivity contribution is 7.86. The normalized spacial score (nSPS) is 18.4. The molecule has 0 unspecified atom stereocenters. The van der Waals surface area contributed by atoms with Gasteiger partial charge >= 0.3 is 0 Å². The van der Waals surface area contributed by atoms with Crippen molar-refractivity contribution in [3.8, 4) is 0 Å². The Labute approximate surface area is 91.0 Å². The van der Waals surface area contributed by atoms with Crippen LogP contribution in [-0.2, 0) is 0 Å². The second-order valence-corrected chi connectivity index (χ2v) is 5.58. The molecular weight excluding hydrogens is 199 g/mol. The van der Waals surface area contributed by atoms with E-state index in [4.69, 9.17) is 0 Å². The summed E-state index contributed by atoms with van der Waals surface area (Å²) >= 11 is 0. The molecule has 0 nitrogen and oxygen atoms in total. The maximum absolute atomic E-state index is 2.39. The van der Waals surface area contributed by atoms with Crippen LogP contribution in [0.3, 0.4) is 0 Å². The van der Waals surface area contributed by atoms with Crippen molar-refractivity contribution in [3.05, 3.63) is 72.0 Å². The van der Waals surface area contributed by atoms with E-state index in [1.165, 1.54) is 16.2 Å². The Morgan fingerprint density at radius 3 is 1.93 bits per heavy atom. The molecule has 2 aromatic rings. The number of benzene rings is 2. The van der Waals surface area contributed by atoms with E-state index in [0.717, 1.165) is 0 Å². The SMILES string of the molecule is C1=C(c2ccccc2)[P@@]1c1ccccc1. The molecule has 1 heteroatoms. The second kappa shape index (κ2) is 3.64. The van der Waals surface area contributed by atoms with Gasteiger partial charge in [0.05, 0.1) is 0 Å². The Kier molecular flexibility index (Phi) is 2.16. The summed E-state index contributed by atoms with van der Waals surface area (Å²) < 4.78 is 0. The molecule has 0 amide bonds. The first kappa shape index (κ1) is 8.88. The average Bonchev–Trinajstić information content (AvgIpc) is 3.11. The highest BCUT2D eigenvalue weighted by atomic mass is 31.1. The fourth-order valence-electron chi connectivity index (χ4n) is 1.72. The lowest BCUT2D eigenvalue weighted by molar-refractivity contribution is 1.66. The molecule has 1 aliphatic heterocycles. The summed E-state index contributed by atoms with van der Waals surface area (Å²) in [5.74, 6) is 2.39. The topological polar surface area (TPSA) is 0 Å². The highest BCUT2D eigenvalue weighted by Crippen LogP contribution is 2.65. The summed E-state index contributed by atoms with van der Waals surface area (Å²) in [5, 5.41) is 2.99. The molecule has 0 spiro atoms. The standard InChI is InChI=1S/C14H11P/c1-3-7-12(8-4-1)14-11-15(14)13-9-5-2-6-10-13/h1-11H/t15-/m1/s1. The fourth-order valence-corrected chi connectivity index (χ4v) is 3.58. The van der Waals surface area contributed by atoms with Gasteiger partial charge in [0.15, 0.2) is 0 Å². The zero-order valence-electron chi connectivity index (χ0n) is 8.30. The van der Waals surface area contributed by atoms with Gasteiger partial charge in [-0.3, -0.25) is 0 Å². The van der Waals surface area contributed by atoms with Crippen molar-refractivity contribution in [1.29, 1.82) is 0 Å². The molecule has 0 N–H and O–H groups in total. The molecule has 1 atom stereocenters. The average molecular weight is 210 g/mol.